The minimum absolute atomic E-state index is 0.0145. The molecule has 3 rings (SSSR count). The lowest BCUT2D eigenvalue weighted by Crippen LogP contribution is -2.37. The van der Waals surface area contributed by atoms with E-state index in [0.29, 0.717) is 37.6 Å². The monoisotopic (exact) mass is 396 g/mol. The van der Waals surface area contributed by atoms with E-state index in [4.69, 9.17) is 9.47 Å². The first-order chi connectivity index (χ1) is 14.1. The molecule has 1 heterocycles. The van der Waals surface area contributed by atoms with Gasteiger partial charge < -0.3 is 19.3 Å². The van der Waals surface area contributed by atoms with Gasteiger partial charge in [0.05, 0.1) is 20.1 Å². The SMILES string of the molecule is CCN(C(=O)[C@H]1CC(=O)N(CCc2ccc(OC)c(OC)c2)C1)c1ccccc1. The number of amides is 2. The van der Waals surface area contributed by atoms with Crippen molar-refractivity contribution in [3.63, 3.8) is 0 Å². The van der Waals surface area contributed by atoms with Crippen molar-refractivity contribution in [2.24, 2.45) is 5.92 Å². The van der Waals surface area contributed by atoms with Crippen LogP contribution in [0.15, 0.2) is 48.5 Å². The summed E-state index contributed by atoms with van der Waals surface area (Å²) < 4.78 is 10.6. The quantitative estimate of drug-likeness (QED) is 0.688. The second-order valence-corrected chi connectivity index (χ2v) is 7.10. The summed E-state index contributed by atoms with van der Waals surface area (Å²) in [6, 6.07) is 15.4. The van der Waals surface area contributed by atoms with E-state index in [0.717, 1.165) is 11.3 Å². The van der Waals surface area contributed by atoms with Crippen LogP contribution in [-0.4, -0.2) is 50.6 Å². The number of hydrogen-bond acceptors (Lipinski definition) is 4. The maximum Gasteiger partial charge on any atom is 0.232 e. The molecule has 1 atom stereocenters. The van der Waals surface area contributed by atoms with Gasteiger partial charge in [-0.25, -0.2) is 0 Å². The molecule has 0 N–H and O–H groups in total. The molecule has 2 aromatic carbocycles. The molecular formula is C23H28N2O4. The Morgan fingerprint density at radius 1 is 1.10 bits per heavy atom. The fourth-order valence-electron chi connectivity index (χ4n) is 3.75. The van der Waals surface area contributed by atoms with Crippen molar-refractivity contribution in [1.82, 2.24) is 4.90 Å². The van der Waals surface area contributed by atoms with Crippen LogP contribution in [0.5, 0.6) is 11.5 Å². The number of likely N-dealkylation sites (tertiary alicyclic amines) is 1. The highest BCUT2D eigenvalue weighted by Crippen LogP contribution is 2.28. The number of carbonyl (C=O) groups excluding carboxylic acids is 2. The van der Waals surface area contributed by atoms with E-state index in [1.54, 1.807) is 24.0 Å². The predicted octanol–water partition coefficient (Wildman–Crippen LogP) is 3.15. The Labute approximate surface area is 172 Å². The number of rotatable bonds is 8. The van der Waals surface area contributed by atoms with Crippen molar-refractivity contribution in [3.8, 4) is 11.5 Å². The standard InChI is InChI=1S/C23H28N2O4/c1-4-25(19-8-6-5-7-9-19)23(27)18-15-22(26)24(16-18)13-12-17-10-11-20(28-2)21(14-17)29-3/h5-11,14,18H,4,12-13,15-16H2,1-3H3/t18-/m0/s1. The summed E-state index contributed by atoms with van der Waals surface area (Å²) in [4.78, 5) is 29.1. The largest absolute Gasteiger partial charge is 0.493 e. The fraction of sp³-hybridized carbons (Fsp3) is 0.391. The molecule has 1 aliphatic heterocycles. The molecule has 0 saturated carbocycles. The number of benzene rings is 2. The molecule has 2 amide bonds. The van der Waals surface area contributed by atoms with Gasteiger partial charge in [0.2, 0.25) is 11.8 Å². The second kappa shape index (κ2) is 9.45. The smallest absolute Gasteiger partial charge is 0.232 e. The van der Waals surface area contributed by atoms with Gasteiger partial charge in [0, 0.05) is 31.7 Å². The highest BCUT2D eigenvalue weighted by atomic mass is 16.5. The van der Waals surface area contributed by atoms with E-state index in [-0.39, 0.29) is 24.2 Å². The lowest BCUT2D eigenvalue weighted by atomic mass is 10.1. The van der Waals surface area contributed by atoms with Crippen LogP contribution >= 0.6 is 0 Å². The normalized spacial score (nSPS) is 16.0. The van der Waals surface area contributed by atoms with Gasteiger partial charge in [0.15, 0.2) is 11.5 Å². The lowest BCUT2D eigenvalue weighted by Gasteiger charge is -2.24. The molecule has 0 bridgehead atoms. The van der Waals surface area contributed by atoms with E-state index < -0.39 is 0 Å². The number of hydrogen-bond donors (Lipinski definition) is 0. The first-order valence-corrected chi connectivity index (χ1v) is 9.92. The fourth-order valence-corrected chi connectivity index (χ4v) is 3.75. The number of para-hydroxylation sites is 1. The van der Waals surface area contributed by atoms with Gasteiger partial charge in [-0.3, -0.25) is 9.59 Å². The summed E-state index contributed by atoms with van der Waals surface area (Å²) in [6.07, 6.45) is 0.970. The van der Waals surface area contributed by atoms with Crippen molar-refractivity contribution >= 4 is 17.5 Å². The van der Waals surface area contributed by atoms with Gasteiger partial charge in [0.1, 0.15) is 0 Å². The van der Waals surface area contributed by atoms with Crippen LogP contribution in [0.2, 0.25) is 0 Å². The van der Waals surface area contributed by atoms with E-state index in [1.165, 1.54) is 0 Å². The summed E-state index contributed by atoms with van der Waals surface area (Å²) in [6.45, 7) is 3.58. The van der Waals surface area contributed by atoms with Crippen molar-refractivity contribution in [2.45, 2.75) is 19.8 Å². The Hall–Kier alpha value is -3.02. The zero-order chi connectivity index (χ0) is 20.8. The summed E-state index contributed by atoms with van der Waals surface area (Å²) in [5, 5.41) is 0. The molecule has 6 heteroatoms. The molecule has 0 aromatic heterocycles. The van der Waals surface area contributed by atoms with Crippen molar-refractivity contribution in [2.75, 3.05) is 38.8 Å². The summed E-state index contributed by atoms with van der Waals surface area (Å²) in [5.41, 5.74) is 1.93. The molecular weight excluding hydrogens is 368 g/mol. The highest BCUT2D eigenvalue weighted by molar-refractivity contribution is 5.99. The molecule has 1 saturated heterocycles. The molecule has 6 nitrogen and oxygen atoms in total. The molecule has 0 aliphatic carbocycles. The van der Waals surface area contributed by atoms with Crippen LogP contribution < -0.4 is 14.4 Å². The Morgan fingerprint density at radius 3 is 2.48 bits per heavy atom. The summed E-state index contributed by atoms with van der Waals surface area (Å²) >= 11 is 0. The molecule has 0 spiro atoms. The van der Waals surface area contributed by atoms with Gasteiger partial charge in [-0.2, -0.15) is 0 Å². The molecule has 2 aromatic rings. The van der Waals surface area contributed by atoms with Crippen LogP contribution in [0.25, 0.3) is 0 Å². The molecule has 1 aliphatic rings. The molecule has 154 valence electrons. The van der Waals surface area contributed by atoms with Crippen LogP contribution in [0, 0.1) is 5.92 Å². The average Bonchev–Trinajstić information content (AvgIpc) is 3.13. The number of methoxy groups -OCH3 is 2. The third-order valence-electron chi connectivity index (χ3n) is 5.33. The third-order valence-corrected chi connectivity index (χ3v) is 5.33. The third kappa shape index (κ3) is 4.70. The Kier molecular flexibility index (Phi) is 6.75. The Bertz CT molecular complexity index is 853. The Morgan fingerprint density at radius 2 is 1.83 bits per heavy atom. The lowest BCUT2D eigenvalue weighted by molar-refractivity contribution is -0.128. The van der Waals surface area contributed by atoms with Crippen LogP contribution in [0.4, 0.5) is 5.69 Å². The molecule has 0 unspecified atom stereocenters. The first kappa shape index (κ1) is 20.7. The average molecular weight is 396 g/mol. The molecule has 1 fully saturated rings. The van der Waals surface area contributed by atoms with E-state index in [9.17, 15) is 9.59 Å². The zero-order valence-corrected chi connectivity index (χ0v) is 17.3. The van der Waals surface area contributed by atoms with Gasteiger partial charge in [-0.05, 0) is 43.2 Å². The van der Waals surface area contributed by atoms with Gasteiger partial charge in [-0.1, -0.05) is 24.3 Å². The molecule has 0 radical (unpaired) electrons. The van der Waals surface area contributed by atoms with Crippen LogP contribution in [0.1, 0.15) is 18.9 Å². The zero-order valence-electron chi connectivity index (χ0n) is 17.3. The van der Waals surface area contributed by atoms with E-state index >= 15 is 0 Å². The predicted molar refractivity (Wildman–Crippen MR) is 112 cm³/mol. The van der Waals surface area contributed by atoms with Crippen LogP contribution in [-0.2, 0) is 16.0 Å². The van der Waals surface area contributed by atoms with E-state index in [2.05, 4.69) is 0 Å². The molecule has 29 heavy (non-hydrogen) atoms. The first-order valence-electron chi connectivity index (χ1n) is 9.92. The van der Waals surface area contributed by atoms with Crippen LogP contribution in [0.3, 0.4) is 0 Å². The highest BCUT2D eigenvalue weighted by Gasteiger charge is 2.36. The maximum absolute atomic E-state index is 13.0. The number of ether oxygens (including phenoxy) is 2. The summed E-state index contributed by atoms with van der Waals surface area (Å²) in [5.74, 6) is 1.11. The number of carbonyl (C=O) groups is 2. The Balaban J connectivity index is 1.62. The minimum Gasteiger partial charge on any atom is -0.493 e. The maximum atomic E-state index is 13.0. The number of nitrogens with zero attached hydrogens (tertiary/aromatic N) is 2. The van der Waals surface area contributed by atoms with Gasteiger partial charge >= 0.3 is 0 Å². The second-order valence-electron chi connectivity index (χ2n) is 7.10. The topological polar surface area (TPSA) is 59.1 Å². The van der Waals surface area contributed by atoms with Gasteiger partial charge in [-0.15, -0.1) is 0 Å². The summed E-state index contributed by atoms with van der Waals surface area (Å²) in [7, 11) is 3.21. The van der Waals surface area contributed by atoms with Crippen molar-refractivity contribution in [3.05, 3.63) is 54.1 Å². The van der Waals surface area contributed by atoms with Crippen molar-refractivity contribution < 1.29 is 19.1 Å². The number of anilines is 1. The van der Waals surface area contributed by atoms with Gasteiger partial charge in [0.25, 0.3) is 0 Å². The van der Waals surface area contributed by atoms with Crippen molar-refractivity contribution in [1.29, 1.82) is 0 Å². The minimum atomic E-state index is -0.298. The van der Waals surface area contributed by atoms with E-state index in [1.807, 2.05) is 55.5 Å².